The minimum atomic E-state index is -2.90. The molecule has 0 bridgehead atoms. The summed E-state index contributed by atoms with van der Waals surface area (Å²) in [7, 11) is 0. The Morgan fingerprint density at radius 1 is 0.818 bits per heavy atom. The third kappa shape index (κ3) is 11.7. The van der Waals surface area contributed by atoms with Crippen LogP contribution in [0.2, 0.25) is 0 Å². The van der Waals surface area contributed by atoms with Crippen molar-refractivity contribution in [2.24, 2.45) is 0 Å². The second kappa shape index (κ2) is 11.6. The molecule has 0 fully saturated rings. The van der Waals surface area contributed by atoms with Crippen LogP contribution < -0.4 is 0 Å². The number of carboxylic acids is 2. The molecule has 1 rings (SSSR count). The first-order valence-electron chi connectivity index (χ1n) is 5.66. The van der Waals surface area contributed by atoms with Gasteiger partial charge in [-0.05, 0) is 12.1 Å². The largest absolute Gasteiger partial charge is 0.478 e. The Kier molecular flexibility index (Phi) is 11.7. The molecule has 0 heterocycles. The molecule has 0 saturated carbocycles. The van der Waals surface area contributed by atoms with E-state index in [9.17, 15) is 9.59 Å². The van der Waals surface area contributed by atoms with Gasteiger partial charge in [0.25, 0.3) is 5.97 Å². The number of aromatic carboxylic acids is 2. The van der Waals surface area contributed by atoms with Gasteiger partial charge < -0.3 is 40.9 Å². The van der Waals surface area contributed by atoms with Gasteiger partial charge in [-0.2, -0.15) is 0 Å². The van der Waals surface area contributed by atoms with Crippen molar-refractivity contribution in [3.63, 3.8) is 0 Å². The fraction of sp³-hybridized carbons (Fsp3) is 0.333. The van der Waals surface area contributed by atoms with Gasteiger partial charge in [0.2, 0.25) is 0 Å². The topological polar surface area (TPSA) is 196 Å². The average molecular weight is 322 g/mol. The van der Waals surface area contributed by atoms with E-state index in [0.717, 1.165) is 0 Å². The molecule has 10 heteroatoms. The van der Waals surface area contributed by atoms with E-state index in [2.05, 4.69) is 0 Å². The van der Waals surface area contributed by atoms with E-state index in [1.807, 2.05) is 0 Å². The summed E-state index contributed by atoms with van der Waals surface area (Å²) in [4.78, 5) is 20.9. The van der Waals surface area contributed by atoms with Gasteiger partial charge in [-0.1, -0.05) is 12.1 Å². The summed E-state index contributed by atoms with van der Waals surface area (Å²) in [5.74, 6) is -5.36. The summed E-state index contributed by atoms with van der Waals surface area (Å²) < 4.78 is 0. The van der Waals surface area contributed by atoms with Crippen LogP contribution in [0.4, 0.5) is 0 Å². The Balaban J connectivity index is 0. The molecule has 0 aliphatic heterocycles. The van der Waals surface area contributed by atoms with E-state index >= 15 is 0 Å². The number of aliphatic hydroxyl groups excluding tert-OH is 3. The lowest BCUT2D eigenvalue weighted by Crippen LogP contribution is -2.31. The molecule has 0 atom stereocenters. The summed E-state index contributed by atoms with van der Waals surface area (Å²) >= 11 is 0. The third-order valence-electron chi connectivity index (χ3n) is 1.70. The lowest BCUT2D eigenvalue weighted by atomic mass is 10.1. The molecule has 0 saturated heterocycles. The van der Waals surface area contributed by atoms with Gasteiger partial charge >= 0.3 is 11.9 Å². The highest BCUT2D eigenvalue weighted by molar-refractivity contribution is 6.01. The molecule has 0 unspecified atom stereocenters. The van der Waals surface area contributed by atoms with Crippen LogP contribution in [-0.4, -0.2) is 78.6 Å². The lowest BCUT2D eigenvalue weighted by Gasteiger charge is -2.07. The second-order valence-electron chi connectivity index (χ2n) is 3.54. The Morgan fingerprint density at radius 2 is 1.09 bits per heavy atom. The molecule has 22 heavy (non-hydrogen) atoms. The minimum absolute atomic E-state index is 0.125. The zero-order chi connectivity index (χ0) is 17.8. The van der Waals surface area contributed by atoms with E-state index in [0.29, 0.717) is 0 Å². The van der Waals surface area contributed by atoms with Crippen molar-refractivity contribution in [2.75, 3.05) is 19.8 Å². The SMILES string of the molecule is O=C(O)c1ccccc1C(=O)O.OCC(O)(O)O.OCCO. The van der Waals surface area contributed by atoms with Gasteiger partial charge in [0.15, 0.2) is 0 Å². The quantitative estimate of drug-likeness (QED) is 0.278. The van der Waals surface area contributed by atoms with Gasteiger partial charge in [0, 0.05) is 0 Å². The predicted octanol–water partition coefficient (Wildman–Crippen LogP) is -2.34. The predicted molar refractivity (Wildman–Crippen MR) is 71.0 cm³/mol. The zero-order valence-corrected chi connectivity index (χ0v) is 11.3. The van der Waals surface area contributed by atoms with Crippen molar-refractivity contribution in [2.45, 2.75) is 5.97 Å². The maximum absolute atomic E-state index is 10.5. The molecule has 0 spiro atoms. The van der Waals surface area contributed by atoms with Gasteiger partial charge in [-0.3, -0.25) is 0 Å². The molecule has 0 aromatic heterocycles. The highest BCUT2D eigenvalue weighted by atomic mass is 16.7. The molecule has 1 aromatic rings. The number of rotatable bonds is 4. The molecule has 0 radical (unpaired) electrons. The number of aliphatic hydroxyl groups is 6. The van der Waals surface area contributed by atoms with E-state index < -0.39 is 24.5 Å². The molecule has 0 aliphatic carbocycles. The van der Waals surface area contributed by atoms with Crippen molar-refractivity contribution < 1.29 is 50.4 Å². The minimum Gasteiger partial charge on any atom is -0.478 e. The molecule has 0 aliphatic rings. The monoisotopic (exact) mass is 322 g/mol. The van der Waals surface area contributed by atoms with Gasteiger partial charge in [0.05, 0.1) is 24.3 Å². The van der Waals surface area contributed by atoms with Gasteiger partial charge in [-0.15, -0.1) is 0 Å². The van der Waals surface area contributed by atoms with E-state index in [1.165, 1.54) is 24.3 Å². The molecular weight excluding hydrogens is 304 g/mol. The summed E-state index contributed by atoms with van der Waals surface area (Å²) in [5.41, 5.74) is -0.380. The van der Waals surface area contributed by atoms with Crippen molar-refractivity contribution in [1.29, 1.82) is 0 Å². The molecule has 10 nitrogen and oxygen atoms in total. The van der Waals surface area contributed by atoms with Crippen LogP contribution in [0.25, 0.3) is 0 Å². The van der Waals surface area contributed by atoms with E-state index in [4.69, 9.17) is 40.9 Å². The Hall–Kier alpha value is -2.08. The molecule has 1 aromatic carbocycles. The molecular formula is C12H18O10. The molecule has 126 valence electrons. The average Bonchev–Trinajstić information content (AvgIpc) is 2.47. The van der Waals surface area contributed by atoms with Gasteiger partial charge in [-0.25, -0.2) is 9.59 Å². The van der Waals surface area contributed by atoms with Gasteiger partial charge in [0.1, 0.15) is 6.61 Å². The van der Waals surface area contributed by atoms with Crippen LogP contribution in [0.15, 0.2) is 24.3 Å². The standard InChI is InChI=1S/C8H6O4.C2H6O4.C2H6O2/c9-7(10)5-3-1-2-4-6(5)8(11)12;3-1-2(4,5)6;3-1-2-4/h1-4H,(H,9,10)(H,11,12);3-6H,1H2;3-4H,1-2H2. The maximum atomic E-state index is 10.5. The van der Waals surface area contributed by atoms with Crippen molar-refractivity contribution >= 4 is 11.9 Å². The fourth-order valence-corrected chi connectivity index (χ4v) is 0.856. The zero-order valence-electron chi connectivity index (χ0n) is 11.3. The Morgan fingerprint density at radius 3 is 1.23 bits per heavy atom. The highest BCUT2D eigenvalue weighted by Gasteiger charge is 2.14. The van der Waals surface area contributed by atoms with Crippen LogP contribution >= 0.6 is 0 Å². The smallest absolute Gasteiger partial charge is 0.336 e. The Bertz CT molecular complexity index is 416. The number of carboxylic acid groups (broad SMARTS) is 2. The molecule has 8 N–H and O–H groups in total. The molecule has 0 amide bonds. The number of hydrogen-bond acceptors (Lipinski definition) is 8. The summed E-state index contributed by atoms with van der Waals surface area (Å²) in [6.07, 6.45) is 0. The maximum Gasteiger partial charge on any atom is 0.336 e. The third-order valence-corrected chi connectivity index (χ3v) is 1.70. The first-order valence-corrected chi connectivity index (χ1v) is 5.66. The van der Waals surface area contributed by atoms with Crippen LogP contribution in [0.3, 0.4) is 0 Å². The van der Waals surface area contributed by atoms with Crippen LogP contribution in [-0.2, 0) is 0 Å². The van der Waals surface area contributed by atoms with E-state index in [-0.39, 0.29) is 24.3 Å². The van der Waals surface area contributed by atoms with Crippen molar-refractivity contribution in [1.82, 2.24) is 0 Å². The lowest BCUT2D eigenvalue weighted by molar-refractivity contribution is -0.326. The summed E-state index contributed by atoms with van der Waals surface area (Å²) in [6, 6.07) is 5.48. The van der Waals surface area contributed by atoms with Crippen molar-refractivity contribution in [3.05, 3.63) is 35.4 Å². The van der Waals surface area contributed by atoms with Crippen LogP contribution in [0.5, 0.6) is 0 Å². The second-order valence-corrected chi connectivity index (χ2v) is 3.54. The normalized spacial score (nSPS) is 9.73. The number of hydrogen-bond donors (Lipinski definition) is 8. The fourth-order valence-electron chi connectivity index (χ4n) is 0.856. The van der Waals surface area contributed by atoms with Crippen LogP contribution in [0, 0.1) is 0 Å². The summed E-state index contributed by atoms with van der Waals surface area (Å²) in [6.45, 7) is -1.31. The van der Waals surface area contributed by atoms with Crippen LogP contribution in [0.1, 0.15) is 20.7 Å². The van der Waals surface area contributed by atoms with E-state index in [1.54, 1.807) is 0 Å². The highest BCUT2D eigenvalue weighted by Crippen LogP contribution is 2.07. The van der Waals surface area contributed by atoms with Crippen molar-refractivity contribution in [3.8, 4) is 0 Å². The first-order chi connectivity index (χ1) is 10.1. The Labute approximate surface area is 124 Å². The first kappa shape index (κ1) is 22.2. The number of carbonyl (C=O) groups is 2. The summed E-state index contributed by atoms with van der Waals surface area (Å²) in [5, 5.41) is 63.1. The number of benzene rings is 1.